The summed E-state index contributed by atoms with van der Waals surface area (Å²) in [6, 6.07) is 6.72. The van der Waals surface area contributed by atoms with Gasteiger partial charge in [-0.1, -0.05) is 6.07 Å². The van der Waals surface area contributed by atoms with Gasteiger partial charge >= 0.3 is 0 Å². The van der Waals surface area contributed by atoms with Gasteiger partial charge in [-0.15, -0.1) is 0 Å². The van der Waals surface area contributed by atoms with Gasteiger partial charge in [-0.3, -0.25) is 9.59 Å². The first-order chi connectivity index (χ1) is 13.0. The van der Waals surface area contributed by atoms with Crippen LogP contribution in [0.15, 0.2) is 36.7 Å². The summed E-state index contributed by atoms with van der Waals surface area (Å²) in [5.74, 6) is -0.640. The largest absolute Gasteiger partial charge is 0.397 e. The van der Waals surface area contributed by atoms with Crippen LogP contribution in [0, 0.1) is 0 Å². The zero-order valence-corrected chi connectivity index (χ0v) is 15.1. The van der Waals surface area contributed by atoms with E-state index in [1.165, 1.54) is 0 Å². The first-order valence-corrected chi connectivity index (χ1v) is 8.91. The zero-order valence-electron chi connectivity index (χ0n) is 15.1. The molecule has 8 heteroatoms. The number of amides is 2. The molecule has 0 saturated carbocycles. The summed E-state index contributed by atoms with van der Waals surface area (Å²) < 4.78 is 1.80. The Labute approximate surface area is 157 Å². The van der Waals surface area contributed by atoms with Crippen molar-refractivity contribution in [1.29, 1.82) is 0 Å². The monoisotopic (exact) mass is 366 g/mol. The smallest absolute Gasteiger partial charge is 0.254 e. The number of fused-ring (bicyclic) bond motifs is 1. The standard InChI is InChI=1S/C19H22N6O2/c1-23-10-15(20)14-9-22-25(17(14)11-23)13-5-2-4-12(8-13)19(27)24-7-3-6-16(24)18(21)26/h2,4-5,8-10,16H,3,6-7,11,20H2,1H3,(H2,21,26)/t16-/m1/s1. The molecule has 1 fully saturated rings. The molecule has 3 heterocycles. The predicted molar refractivity (Wildman–Crippen MR) is 100 cm³/mol. The molecule has 2 aliphatic rings. The second kappa shape index (κ2) is 6.46. The number of carbonyl (C=O) groups is 2. The van der Waals surface area contributed by atoms with Crippen molar-refractivity contribution in [2.45, 2.75) is 25.4 Å². The molecule has 0 bridgehead atoms. The Hall–Kier alpha value is -3.29. The van der Waals surface area contributed by atoms with E-state index in [2.05, 4.69) is 5.10 Å². The van der Waals surface area contributed by atoms with Gasteiger partial charge in [-0.05, 0) is 31.0 Å². The average Bonchev–Trinajstić information content (AvgIpc) is 3.28. The average molecular weight is 366 g/mol. The maximum Gasteiger partial charge on any atom is 0.254 e. The van der Waals surface area contributed by atoms with Crippen LogP contribution in [0.1, 0.15) is 34.5 Å². The lowest BCUT2D eigenvalue weighted by Crippen LogP contribution is -2.43. The molecule has 4 N–H and O–H groups in total. The van der Waals surface area contributed by atoms with Crippen molar-refractivity contribution in [3.8, 4) is 5.69 Å². The van der Waals surface area contributed by atoms with Crippen LogP contribution in [0.2, 0.25) is 0 Å². The van der Waals surface area contributed by atoms with E-state index in [1.54, 1.807) is 27.9 Å². The van der Waals surface area contributed by atoms with Gasteiger partial charge in [0.15, 0.2) is 0 Å². The fraction of sp³-hybridized carbons (Fsp3) is 0.316. The third-order valence-electron chi connectivity index (χ3n) is 5.12. The van der Waals surface area contributed by atoms with Crippen LogP contribution < -0.4 is 11.5 Å². The highest BCUT2D eigenvalue weighted by Crippen LogP contribution is 2.26. The molecule has 0 aliphatic carbocycles. The molecule has 2 aromatic rings. The van der Waals surface area contributed by atoms with Crippen LogP contribution in [-0.2, 0) is 11.3 Å². The van der Waals surface area contributed by atoms with Crippen LogP contribution in [0.3, 0.4) is 0 Å². The summed E-state index contributed by atoms with van der Waals surface area (Å²) in [4.78, 5) is 28.1. The molecule has 0 unspecified atom stereocenters. The highest BCUT2D eigenvalue weighted by Gasteiger charge is 2.33. The highest BCUT2D eigenvalue weighted by atomic mass is 16.2. The second-order valence-electron chi connectivity index (χ2n) is 7.03. The van der Waals surface area contributed by atoms with Crippen molar-refractivity contribution in [2.24, 2.45) is 11.5 Å². The first-order valence-electron chi connectivity index (χ1n) is 8.91. The van der Waals surface area contributed by atoms with E-state index < -0.39 is 11.9 Å². The van der Waals surface area contributed by atoms with Gasteiger partial charge in [-0.2, -0.15) is 5.10 Å². The van der Waals surface area contributed by atoms with Crippen molar-refractivity contribution in [3.05, 3.63) is 53.5 Å². The number of carbonyl (C=O) groups excluding carboxylic acids is 2. The molecule has 140 valence electrons. The van der Waals surface area contributed by atoms with Crippen molar-refractivity contribution >= 4 is 17.5 Å². The number of aromatic nitrogens is 2. The third kappa shape index (κ3) is 2.92. The Morgan fingerprint density at radius 2 is 2.11 bits per heavy atom. The van der Waals surface area contributed by atoms with Crippen molar-refractivity contribution in [1.82, 2.24) is 19.6 Å². The number of benzene rings is 1. The molecule has 1 aromatic heterocycles. The SMILES string of the molecule is CN1C=C(N)c2cnn(-c3cccc(C(=O)N4CCC[C@@H]4C(N)=O)c3)c2C1. The first kappa shape index (κ1) is 17.1. The fourth-order valence-corrected chi connectivity index (χ4v) is 3.82. The summed E-state index contributed by atoms with van der Waals surface area (Å²) in [6.45, 7) is 1.21. The molecule has 1 aromatic carbocycles. The summed E-state index contributed by atoms with van der Waals surface area (Å²) in [7, 11) is 1.95. The second-order valence-corrected chi connectivity index (χ2v) is 7.03. The third-order valence-corrected chi connectivity index (χ3v) is 5.12. The normalized spacial score (nSPS) is 19.0. The number of hydrogen-bond donors (Lipinski definition) is 2. The van der Waals surface area contributed by atoms with E-state index in [9.17, 15) is 9.59 Å². The minimum Gasteiger partial charge on any atom is -0.397 e. The number of nitrogens with two attached hydrogens (primary N) is 2. The highest BCUT2D eigenvalue weighted by molar-refractivity contribution is 5.98. The van der Waals surface area contributed by atoms with Crippen LogP contribution in [0.25, 0.3) is 11.4 Å². The van der Waals surface area contributed by atoms with Gasteiger partial charge in [-0.25, -0.2) is 4.68 Å². The van der Waals surface area contributed by atoms with Crippen LogP contribution in [-0.4, -0.2) is 51.0 Å². The Kier molecular flexibility index (Phi) is 4.10. The van der Waals surface area contributed by atoms with E-state index in [-0.39, 0.29) is 5.91 Å². The van der Waals surface area contributed by atoms with Crippen molar-refractivity contribution < 1.29 is 9.59 Å². The lowest BCUT2D eigenvalue weighted by atomic mass is 10.1. The van der Waals surface area contributed by atoms with Crippen molar-refractivity contribution in [2.75, 3.05) is 13.6 Å². The van der Waals surface area contributed by atoms with Gasteiger partial charge in [0.2, 0.25) is 5.91 Å². The molecule has 1 saturated heterocycles. The Balaban J connectivity index is 1.68. The molecule has 2 amide bonds. The number of rotatable bonds is 3. The lowest BCUT2D eigenvalue weighted by molar-refractivity contribution is -0.121. The zero-order chi connectivity index (χ0) is 19.1. The predicted octanol–water partition coefficient (Wildman–Crippen LogP) is 0.665. The van der Waals surface area contributed by atoms with Crippen molar-refractivity contribution in [3.63, 3.8) is 0 Å². The number of likely N-dealkylation sites (tertiary alicyclic amines) is 1. The molecule has 8 nitrogen and oxygen atoms in total. The topological polar surface area (TPSA) is 110 Å². The van der Waals surface area contributed by atoms with Gasteiger partial charge in [0.1, 0.15) is 6.04 Å². The molecular weight excluding hydrogens is 344 g/mol. The number of primary amides is 1. The Bertz CT molecular complexity index is 947. The van der Waals surface area contributed by atoms with Crippen LogP contribution in [0.5, 0.6) is 0 Å². The summed E-state index contributed by atoms with van der Waals surface area (Å²) in [5, 5.41) is 4.46. The quantitative estimate of drug-likeness (QED) is 0.829. The van der Waals surface area contributed by atoms with E-state index in [1.807, 2.05) is 30.3 Å². The van der Waals surface area contributed by atoms with Crippen LogP contribution in [0.4, 0.5) is 0 Å². The summed E-state index contributed by atoms with van der Waals surface area (Å²) in [5.41, 5.74) is 15.4. The minimum absolute atomic E-state index is 0.185. The van der Waals surface area contributed by atoms with Crippen LogP contribution >= 0.6 is 0 Å². The van der Waals surface area contributed by atoms with E-state index >= 15 is 0 Å². The fourth-order valence-electron chi connectivity index (χ4n) is 3.82. The molecule has 2 aliphatic heterocycles. The summed E-state index contributed by atoms with van der Waals surface area (Å²) in [6.07, 6.45) is 5.02. The number of nitrogens with zero attached hydrogens (tertiary/aromatic N) is 4. The minimum atomic E-state index is -0.530. The van der Waals surface area contributed by atoms with E-state index in [0.29, 0.717) is 30.8 Å². The van der Waals surface area contributed by atoms with E-state index in [4.69, 9.17) is 11.5 Å². The molecule has 27 heavy (non-hydrogen) atoms. The molecular formula is C19H22N6O2. The molecule has 0 spiro atoms. The number of hydrogen-bond acceptors (Lipinski definition) is 5. The van der Waals surface area contributed by atoms with Gasteiger partial charge < -0.3 is 21.3 Å². The molecule has 1 atom stereocenters. The molecule has 0 radical (unpaired) electrons. The van der Waals surface area contributed by atoms with Gasteiger partial charge in [0, 0.05) is 30.9 Å². The Morgan fingerprint density at radius 3 is 2.89 bits per heavy atom. The maximum atomic E-state index is 12.9. The van der Waals surface area contributed by atoms with Gasteiger partial charge in [0.25, 0.3) is 5.91 Å². The Morgan fingerprint density at radius 1 is 1.30 bits per heavy atom. The van der Waals surface area contributed by atoms with Gasteiger partial charge in [0.05, 0.1) is 29.8 Å². The summed E-state index contributed by atoms with van der Waals surface area (Å²) >= 11 is 0. The van der Waals surface area contributed by atoms with E-state index in [0.717, 1.165) is 23.4 Å². The molecule has 4 rings (SSSR count). The maximum absolute atomic E-state index is 12.9. The lowest BCUT2D eigenvalue weighted by Gasteiger charge is -2.23.